The molecule has 0 saturated heterocycles. The molecule has 5 nitrogen and oxygen atoms in total. The molecule has 0 radical (unpaired) electrons. The number of nitrogens with one attached hydrogen (secondary N) is 1. The third-order valence-electron chi connectivity index (χ3n) is 5.41. The van der Waals surface area contributed by atoms with Crippen LogP contribution in [0.5, 0.6) is 0 Å². The maximum Gasteiger partial charge on any atom is 0.266 e. The first kappa shape index (κ1) is 19.7. The van der Waals surface area contributed by atoms with Gasteiger partial charge in [0.2, 0.25) is 5.91 Å². The topological polar surface area (TPSA) is 64.0 Å². The van der Waals surface area contributed by atoms with Gasteiger partial charge in [-0.3, -0.25) is 14.2 Å². The zero-order valence-electron chi connectivity index (χ0n) is 16.6. The SMILES string of the molecule is CCc1ccccc1-n1c(SCC(=O)NC2CCCC2)nc2ccccc2c1=O. The van der Waals surface area contributed by atoms with E-state index >= 15 is 0 Å². The fourth-order valence-electron chi connectivity index (χ4n) is 3.92. The smallest absolute Gasteiger partial charge is 0.266 e. The summed E-state index contributed by atoms with van der Waals surface area (Å²) in [6.07, 6.45) is 5.27. The zero-order chi connectivity index (χ0) is 20.2. The summed E-state index contributed by atoms with van der Waals surface area (Å²) in [5.74, 6) is 0.245. The van der Waals surface area contributed by atoms with Gasteiger partial charge in [0.05, 0.1) is 22.3 Å². The maximum absolute atomic E-state index is 13.4. The minimum absolute atomic E-state index is 0.000339. The van der Waals surface area contributed by atoms with E-state index in [2.05, 4.69) is 12.2 Å². The van der Waals surface area contributed by atoms with E-state index in [9.17, 15) is 9.59 Å². The van der Waals surface area contributed by atoms with E-state index in [4.69, 9.17) is 4.98 Å². The van der Waals surface area contributed by atoms with Crippen molar-refractivity contribution in [3.05, 3.63) is 64.4 Å². The maximum atomic E-state index is 13.4. The Kier molecular flexibility index (Phi) is 6.00. The van der Waals surface area contributed by atoms with E-state index in [1.54, 1.807) is 10.6 Å². The summed E-state index contributed by atoms with van der Waals surface area (Å²) in [7, 11) is 0. The lowest BCUT2D eigenvalue weighted by atomic mass is 10.1. The number of carbonyl (C=O) groups excluding carboxylic acids is 1. The number of benzene rings is 2. The second kappa shape index (κ2) is 8.82. The molecule has 6 heteroatoms. The lowest BCUT2D eigenvalue weighted by molar-refractivity contribution is -0.119. The Morgan fingerprint density at radius 2 is 1.86 bits per heavy atom. The number of aryl methyl sites for hydroxylation is 1. The summed E-state index contributed by atoms with van der Waals surface area (Å²) >= 11 is 1.32. The molecule has 0 unspecified atom stereocenters. The van der Waals surface area contributed by atoms with Crippen molar-refractivity contribution in [3.8, 4) is 5.69 Å². The number of carbonyl (C=O) groups is 1. The van der Waals surface area contributed by atoms with Gasteiger partial charge in [0.1, 0.15) is 0 Å². The van der Waals surface area contributed by atoms with Gasteiger partial charge in [-0.15, -0.1) is 0 Å². The van der Waals surface area contributed by atoms with Crippen LogP contribution in [0.4, 0.5) is 0 Å². The van der Waals surface area contributed by atoms with Gasteiger partial charge in [0, 0.05) is 6.04 Å². The minimum Gasteiger partial charge on any atom is -0.353 e. The third-order valence-corrected chi connectivity index (χ3v) is 6.35. The van der Waals surface area contributed by atoms with Crippen molar-refractivity contribution in [1.29, 1.82) is 0 Å². The van der Waals surface area contributed by atoms with Crippen LogP contribution in [0.3, 0.4) is 0 Å². The van der Waals surface area contributed by atoms with E-state index in [0.717, 1.165) is 30.5 Å². The Hall–Kier alpha value is -2.60. The van der Waals surface area contributed by atoms with Crippen LogP contribution < -0.4 is 10.9 Å². The van der Waals surface area contributed by atoms with Crippen molar-refractivity contribution >= 4 is 28.6 Å². The molecule has 1 aliphatic carbocycles. The van der Waals surface area contributed by atoms with Gasteiger partial charge in [0.25, 0.3) is 5.56 Å². The lowest BCUT2D eigenvalue weighted by Gasteiger charge is -2.16. The first-order chi connectivity index (χ1) is 14.2. The molecule has 1 amide bonds. The number of aromatic nitrogens is 2. The summed E-state index contributed by atoms with van der Waals surface area (Å²) in [6, 6.07) is 15.5. The number of thioether (sulfide) groups is 1. The molecular weight excluding hydrogens is 382 g/mol. The second-order valence-corrected chi connectivity index (χ2v) is 8.31. The summed E-state index contributed by atoms with van der Waals surface area (Å²) in [5, 5.41) is 4.24. The monoisotopic (exact) mass is 407 g/mol. The second-order valence-electron chi connectivity index (χ2n) is 7.37. The van der Waals surface area contributed by atoms with Crippen molar-refractivity contribution in [2.75, 3.05) is 5.75 Å². The summed E-state index contributed by atoms with van der Waals surface area (Å²) in [5.41, 5.74) is 2.46. The molecule has 0 aliphatic heterocycles. The average Bonchev–Trinajstić information content (AvgIpc) is 3.25. The molecule has 4 rings (SSSR count). The molecular formula is C23H25N3O2S. The van der Waals surface area contributed by atoms with Gasteiger partial charge in [-0.25, -0.2) is 4.98 Å². The Bertz CT molecular complexity index is 1090. The average molecular weight is 408 g/mol. The van der Waals surface area contributed by atoms with Crippen molar-refractivity contribution in [3.63, 3.8) is 0 Å². The Labute approximate surface area is 174 Å². The summed E-state index contributed by atoms with van der Waals surface area (Å²) in [6.45, 7) is 2.07. The number of para-hydroxylation sites is 2. The van der Waals surface area contributed by atoms with E-state index in [0.29, 0.717) is 16.1 Å². The highest BCUT2D eigenvalue weighted by molar-refractivity contribution is 7.99. The van der Waals surface area contributed by atoms with Crippen LogP contribution in [0.15, 0.2) is 58.5 Å². The Morgan fingerprint density at radius 1 is 1.14 bits per heavy atom. The van der Waals surface area contributed by atoms with Gasteiger partial charge in [0.15, 0.2) is 5.16 Å². The van der Waals surface area contributed by atoms with Crippen molar-refractivity contribution in [1.82, 2.24) is 14.9 Å². The number of rotatable bonds is 6. The quantitative estimate of drug-likeness (QED) is 0.494. The largest absolute Gasteiger partial charge is 0.353 e. The molecule has 1 N–H and O–H groups in total. The number of hydrogen-bond acceptors (Lipinski definition) is 4. The van der Waals surface area contributed by atoms with Crippen molar-refractivity contribution in [2.24, 2.45) is 0 Å². The molecule has 1 fully saturated rings. The Balaban J connectivity index is 1.71. The molecule has 0 atom stereocenters. The molecule has 0 bridgehead atoms. The van der Waals surface area contributed by atoms with Crippen molar-refractivity contribution < 1.29 is 4.79 Å². The van der Waals surface area contributed by atoms with E-state index in [1.807, 2.05) is 42.5 Å². The van der Waals surface area contributed by atoms with Crippen LogP contribution in [0.25, 0.3) is 16.6 Å². The van der Waals surface area contributed by atoms with E-state index < -0.39 is 0 Å². The fourth-order valence-corrected chi connectivity index (χ4v) is 4.74. The predicted molar refractivity (Wildman–Crippen MR) is 118 cm³/mol. The third kappa shape index (κ3) is 4.22. The first-order valence-corrected chi connectivity index (χ1v) is 11.2. The summed E-state index contributed by atoms with van der Waals surface area (Å²) in [4.78, 5) is 30.5. The van der Waals surface area contributed by atoms with Crippen LogP contribution in [0.1, 0.15) is 38.2 Å². The minimum atomic E-state index is -0.102. The highest BCUT2D eigenvalue weighted by Gasteiger charge is 2.19. The van der Waals surface area contributed by atoms with Crippen LogP contribution in [0, 0.1) is 0 Å². The molecule has 150 valence electrons. The van der Waals surface area contributed by atoms with Crippen LogP contribution in [0.2, 0.25) is 0 Å². The number of fused-ring (bicyclic) bond motifs is 1. The van der Waals surface area contributed by atoms with Gasteiger partial charge in [-0.05, 0) is 43.0 Å². The Morgan fingerprint density at radius 3 is 2.66 bits per heavy atom. The predicted octanol–water partition coefficient (Wildman–Crippen LogP) is 4.10. The molecule has 0 spiro atoms. The summed E-state index contributed by atoms with van der Waals surface area (Å²) < 4.78 is 1.66. The van der Waals surface area contributed by atoms with Gasteiger partial charge < -0.3 is 5.32 Å². The molecule has 1 heterocycles. The van der Waals surface area contributed by atoms with Crippen LogP contribution >= 0.6 is 11.8 Å². The highest BCUT2D eigenvalue weighted by atomic mass is 32.2. The molecule has 29 heavy (non-hydrogen) atoms. The zero-order valence-corrected chi connectivity index (χ0v) is 17.4. The standard InChI is InChI=1S/C23H25N3O2S/c1-2-16-9-3-8-14-20(16)26-22(28)18-12-6-7-13-19(18)25-23(26)29-15-21(27)24-17-10-4-5-11-17/h3,6-9,12-14,17H,2,4-5,10-11,15H2,1H3,(H,24,27). The first-order valence-electron chi connectivity index (χ1n) is 10.2. The molecule has 1 aromatic heterocycles. The fraction of sp³-hybridized carbons (Fsp3) is 0.348. The van der Waals surface area contributed by atoms with Crippen LogP contribution in [-0.4, -0.2) is 27.3 Å². The van der Waals surface area contributed by atoms with Crippen molar-refractivity contribution in [2.45, 2.75) is 50.2 Å². The van der Waals surface area contributed by atoms with Gasteiger partial charge >= 0.3 is 0 Å². The molecule has 3 aromatic rings. The van der Waals surface area contributed by atoms with E-state index in [-0.39, 0.29) is 23.3 Å². The van der Waals surface area contributed by atoms with Crippen LogP contribution in [-0.2, 0) is 11.2 Å². The molecule has 1 aliphatic rings. The number of hydrogen-bond donors (Lipinski definition) is 1. The normalized spacial score (nSPS) is 14.4. The molecule has 1 saturated carbocycles. The van der Waals surface area contributed by atoms with Gasteiger partial charge in [-0.2, -0.15) is 0 Å². The van der Waals surface area contributed by atoms with Gasteiger partial charge in [-0.1, -0.05) is 61.9 Å². The highest BCUT2D eigenvalue weighted by Crippen LogP contribution is 2.24. The lowest BCUT2D eigenvalue weighted by Crippen LogP contribution is -2.34. The number of nitrogens with zero attached hydrogens (tertiary/aromatic N) is 2. The number of amides is 1. The van der Waals surface area contributed by atoms with E-state index in [1.165, 1.54) is 24.6 Å². The molecule has 2 aromatic carbocycles.